The molecule has 0 aliphatic carbocycles. The van der Waals surface area contributed by atoms with Crippen molar-refractivity contribution in [1.82, 2.24) is 15.4 Å². The number of aromatic nitrogens is 2. The summed E-state index contributed by atoms with van der Waals surface area (Å²) in [5, 5.41) is 2.92. The Hall–Kier alpha value is -2.85. The molecule has 9 nitrogen and oxygen atoms in total. The van der Waals surface area contributed by atoms with Crippen LogP contribution in [0.3, 0.4) is 0 Å². The van der Waals surface area contributed by atoms with Gasteiger partial charge in [0, 0.05) is 17.3 Å². The highest BCUT2D eigenvalue weighted by Gasteiger charge is 2.07. The number of hydrogen-bond donors (Lipinski definition) is 5. The Bertz CT molecular complexity index is 774. The molecule has 10 heteroatoms. The van der Waals surface area contributed by atoms with Crippen LogP contribution < -0.4 is 27.9 Å². The smallest absolute Gasteiger partial charge is 0.265 e. The first kappa shape index (κ1) is 16.5. The van der Waals surface area contributed by atoms with Crippen LogP contribution in [0.1, 0.15) is 10.4 Å². The first-order valence-corrected chi connectivity index (χ1v) is 7.37. The van der Waals surface area contributed by atoms with Crippen molar-refractivity contribution >= 4 is 35.1 Å². The Morgan fingerprint density at radius 3 is 2.57 bits per heavy atom. The zero-order chi connectivity index (χ0) is 16.8. The van der Waals surface area contributed by atoms with Gasteiger partial charge in [0.1, 0.15) is 5.82 Å². The maximum Gasteiger partial charge on any atom is 0.265 e. The fourth-order valence-electron chi connectivity index (χ4n) is 1.64. The van der Waals surface area contributed by atoms with Gasteiger partial charge >= 0.3 is 0 Å². The molecule has 2 amide bonds. The molecule has 1 aromatic heterocycles. The number of rotatable bonds is 5. The lowest BCUT2D eigenvalue weighted by Crippen LogP contribution is -2.29. The summed E-state index contributed by atoms with van der Waals surface area (Å²) in [4.78, 5) is 40.7. The van der Waals surface area contributed by atoms with Gasteiger partial charge in [-0.15, -0.1) is 0 Å². The van der Waals surface area contributed by atoms with Crippen LogP contribution in [0.4, 0.5) is 11.5 Å². The van der Waals surface area contributed by atoms with Gasteiger partial charge in [0.15, 0.2) is 5.16 Å². The topological polar surface area (TPSA) is 156 Å². The van der Waals surface area contributed by atoms with Gasteiger partial charge in [-0.05, 0) is 24.3 Å². The van der Waals surface area contributed by atoms with Gasteiger partial charge in [-0.2, -0.15) is 0 Å². The maximum absolute atomic E-state index is 11.8. The van der Waals surface area contributed by atoms with Crippen LogP contribution in [-0.2, 0) is 4.79 Å². The number of carbonyl (C=O) groups excluding carboxylic acids is 2. The number of nitrogens with one attached hydrogen (secondary N) is 3. The van der Waals surface area contributed by atoms with Crippen molar-refractivity contribution in [3.63, 3.8) is 0 Å². The normalized spacial score (nSPS) is 10.1. The Morgan fingerprint density at radius 2 is 1.96 bits per heavy atom. The minimum absolute atomic E-state index is 0.0391. The summed E-state index contributed by atoms with van der Waals surface area (Å²) in [7, 11) is 0. The predicted molar refractivity (Wildman–Crippen MR) is 86.7 cm³/mol. The second-order valence-corrected chi connectivity index (χ2v) is 5.33. The number of carbonyl (C=O) groups is 2. The van der Waals surface area contributed by atoms with Crippen molar-refractivity contribution in [2.75, 3.05) is 16.8 Å². The molecule has 0 spiro atoms. The van der Waals surface area contributed by atoms with Crippen molar-refractivity contribution in [3.8, 4) is 0 Å². The van der Waals surface area contributed by atoms with E-state index in [9.17, 15) is 14.4 Å². The summed E-state index contributed by atoms with van der Waals surface area (Å²) in [6.07, 6.45) is 0. The van der Waals surface area contributed by atoms with E-state index in [1.165, 1.54) is 12.1 Å². The fraction of sp³-hybridized carbons (Fsp3) is 0.0769. The SMILES string of the molecule is NNC(=O)c1ccc(NC(=O)CSc2nc(N)cc(=O)[nH]2)cc1. The molecule has 0 bridgehead atoms. The van der Waals surface area contributed by atoms with Crippen LogP contribution in [0.15, 0.2) is 40.3 Å². The van der Waals surface area contributed by atoms with Crippen molar-refractivity contribution in [3.05, 3.63) is 46.2 Å². The molecule has 2 aromatic rings. The largest absolute Gasteiger partial charge is 0.383 e. The second kappa shape index (κ2) is 7.42. The molecule has 23 heavy (non-hydrogen) atoms. The minimum atomic E-state index is -0.421. The number of benzene rings is 1. The summed E-state index contributed by atoms with van der Waals surface area (Å²) in [5.74, 6) is 4.44. The lowest BCUT2D eigenvalue weighted by atomic mass is 10.2. The Morgan fingerprint density at radius 1 is 1.26 bits per heavy atom. The van der Waals surface area contributed by atoms with E-state index in [2.05, 4.69) is 15.3 Å². The number of hydrazine groups is 1. The molecule has 0 saturated heterocycles. The molecule has 0 saturated carbocycles. The van der Waals surface area contributed by atoms with Gasteiger partial charge in [-0.25, -0.2) is 10.8 Å². The number of nitrogen functional groups attached to an aromatic ring is 2. The first-order chi connectivity index (χ1) is 11.0. The highest BCUT2D eigenvalue weighted by atomic mass is 32.2. The van der Waals surface area contributed by atoms with E-state index in [1.807, 2.05) is 5.43 Å². The van der Waals surface area contributed by atoms with Gasteiger partial charge in [0.2, 0.25) is 5.91 Å². The quantitative estimate of drug-likeness (QED) is 0.165. The summed E-state index contributed by atoms with van der Waals surface area (Å²) in [6, 6.07) is 7.37. The van der Waals surface area contributed by atoms with E-state index in [-0.39, 0.29) is 28.2 Å². The molecule has 0 radical (unpaired) electrons. The van der Waals surface area contributed by atoms with Crippen molar-refractivity contribution < 1.29 is 9.59 Å². The number of nitrogens with two attached hydrogens (primary N) is 2. The Balaban J connectivity index is 1.91. The van der Waals surface area contributed by atoms with E-state index >= 15 is 0 Å². The number of hydrogen-bond acceptors (Lipinski definition) is 7. The van der Waals surface area contributed by atoms with E-state index in [0.29, 0.717) is 11.3 Å². The van der Waals surface area contributed by atoms with E-state index in [1.54, 1.807) is 12.1 Å². The Labute approximate surface area is 134 Å². The number of nitrogens with zero attached hydrogens (tertiary/aromatic N) is 1. The average molecular weight is 334 g/mol. The Kier molecular flexibility index (Phi) is 5.33. The monoisotopic (exact) mass is 334 g/mol. The molecule has 7 N–H and O–H groups in total. The highest BCUT2D eigenvalue weighted by Crippen LogP contribution is 2.14. The van der Waals surface area contributed by atoms with Crippen LogP contribution in [0.5, 0.6) is 0 Å². The molecule has 120 valence electrons. The van der Waals surface area contributed by atoms with Gasteiger partial charge in [0.25, 0.3) is 11.5 Å². The predicted octanol–water partition coefficient (Wildman–Crippen LogP) is -0.314. The number of aromatic amines is 1. The zero-order valence-electron chi connectivity index (χ0n) is 11.8. The lowest BCUT2D eigenvalue weighted by molar-refractivity contribution is -0.113. The lowest BCUT2D eigenvalue weighted by Gasteiger charge is -2.06. The third kappa shape index (κ3) is 4.83. The molecule has 2 rings (SSSR count). The molecule has 0 unspecified atom stereocenters. The number of anilines is 2. The molecular weight excluding hydrogens is 320 g/mol. The molecule has 0 fully saturated rings. The first-order valence-electron chi connectivity index (χ1n) is 6.38. The van der Waals surface area contributed by atoms with E-state index < -0.39 is 5.91 Å². The summed E-state index contributed by atoms with van der Waals surface area (Å²) >= 11 is 1.05. The van der Waals surface area contributed by atoms with E-state index in [4.69, 9.17) is 11.6 Å². The van der Waals surface area contributed by atoms with Crippen LogP contribution in [-0.4, -0.2) is 27.5 Å². The van der Waals surface area contributed by atoms with Gasteiger partial charge in [-0.3, -0.25) is 19.8 Å². The second-order valence-electron chi connectivity index (χ2n) is 4.36. The molecule has 1 heterocycles. The van der Waals surface area contributed by atoms with Crippen LogP contribution >= 0.6 is 11.8 Å². The van der Waals surface area contributed by atoms with Crippen LogP contribution in [0, 0.1) is 0 Å². The third-order valence-corrected chi connectivity index (χ3v) is 3.51. The fourth-order valence-corrected chi connectivity index (χ4v) is 2.32. The van der Waals surface area contributed by atoms with Crippen molar-refractivity contribution in [2.45, 2.75) is 5.16 Å². The van der Waals surface area contributed by atoms with Gasteiger partial charge < -0.3 is 16.0 Å². The molecule has 1 aromatic carbocycles. The number of H-pyrrole nitrogens is 1. The summed E-state index contributed by atoms with van der Waals surface area (Å²) in [6.45, 7) is 0. The third-order valence-electron chi connectivity index (χ3n) is 2.64. The molecule has 0 aliphatic heterocycles. The average Bonchev–Trinajstić information content (AvgIpc) is 2.52. The highest BCUT2D eigenvalue weighted by molar-refractivity contribution is 7.99. The summed E-state index contributed by atoms with van der Waals surface area (Å²) in [5.41, 5.74) is 7.99. The van der Waals surface area contributed by atoms with Crippen molar-refractivity contribution in [2.24, 2.45) is 5.84 Å². The standard InChI is InChI=1S/C13H14N6O3S/c14-9-5-10(20)18-13(17-9)23-6-11(21)16-8-3-1-7(2-4-8)12(22)19-15/h1-5H,6,15H2,(H,16,21)(H,19,22)(H3,14,17,18,20). The van der Waals surface area contributed by atoms with Crippen LogP contribution in [0.2, 0.25) is 0 Å². The summed E-state index contributed by atoms with van der Waals surface area (Å²) < 4.78 is 0. The zero-order valence-corrected chi connectivity index (χ0v) is 12.6. The van der Waals surface area contributed by atoms with E-state index in [0.717, 1.165) is 17.8 Å². The van der Waals surface area contributed by atoms with Gasteiger partial charge in [-0.1, -0.05) is 11.8 Å². The maximum atomic E-state index is 11.8. The van der Waals surface area contributed by atoms with Gasteiger partial charge in [0.05, 0.1) is 5.75 Å². The number of amides is 2. The van der Waals surface area contributed by atoms with Crippen molar-refractivity contribution in [1.29, 1.82) is 0 Å². The number of thioether (sulfide) groups is 1. The minimum Gasteiger partial charge on any atom is -0.383 e. The molecule has 0 aliphatic rings. The molecule has 0 atom stereocenters. The molecular formula is C13H14N6O3S. The van der Waals surface area contributed by atoms with Crippen LogP contribution in [0.25, 0.3) is 0 Å².